The Bertz CT molecular complexity index is 1270. The van der Waals surface area contributed by atoms with E-state index in [0.717, 1.165) is 42.9 Å². The normalized spacial score (nSPS) is 16.6. The predicted molar refractivity (Wildman–Crippen MR) is 131 cm³/mol. The van der Waals surface area contributed by atoms with Crippen molar-refractivity contribution in [2.24, 2.45) is 5.73 Å². The number of para-hydroxylation sites is 2. The third-order valence-electron chi connectivity index (χ3n) is 5.63. The van der Waals surface area contributed by atoms with Gasteiger partial charge in [0.05, 0.1) is 15.9 Å². The summed E-state index contributed by atoms with van der Waals surface area (Å²) in [6.07, 6.45) is -2.73. The minimum absolute atomic E-state index is 0.320. The number of carboxylic acid groups (broad SMARTS) is 1. The quantitative estimate of drug-likeness (QED) is 0.342. The number of imidazole rings is 1. The third kappa shape index (κ3) is 6.47. The monoisotopic (exact) mass is 502 g/mol. The Kier molecular flexibility index (Phi) is 7.54. The highest BCUT2D eigenvalue weighted by atomic mass is 32.1. The molecule has 0 spiro atoms. The summed E-state index contributed by atoms with van der Waals surface area (Å²) in [6.45, 7) is 3.12. The average molecular weight is 503 g/mol. The summed E-state index contributed by atoms with van der Waals surface area (Å²) < 4.78 is 31.7. The second kappa shape index (κ2) is 10.6. The topological polar surface area (TPSA) is 95.2 Å². The number of hydrogen-bond acceptors (Lipinski definition) is 5. The van der Waals surface area contributed by atoms with Crippen LogP contribution in [0.3, 0.4) is 0 Å². The van der Waals surface area contributed by atoms with Crippen molar-refractivity contribution in [2.75, 3.05) is 13.1 Å². The first-order valence-electron chi connectivity index (χ1n) is 11.1. The molecule has 4 aromatic rings. The van der Waals surface area contributed by atoms with Crippen molar-refractivity contribution < 1.29 is 23.1 Å². The lowest BCUT2D eigenvalue weighted by molar-refractivity contribution is -0.192. The number of carbonyl (C=O) groups is 1. The lowest BCUT2D eigenvalue weighted by Crippen LogP contribution is -2.42. The molecule has 0 aliphatic carbocycles. The molecule has 2 aromatic carbocycles. The van der Waals surface area contributed by atoms with Crippen molar-refractivity contribution in [3.63, 3.8) is 0 Å². The van der Waals surface area contributed by atoms with Gasteiger partial charge < -0.3 is 15.8 Å². The lowest BCUT2D eigenvalue weighted by Gasteiger charge is -2.30. The summed E-state index contributed by atoms with van der Waals surface area (Å²) in [5, 5.41) is 7.12. The summed E-state index contributed by atoms with van der Waals surface area (Å²) >= 11 is 1.78. The van der Waals surface area contributed by atoms with Gasteiger partial charge >= 0.3 is 12.1 Å². The molecule has 0 bridgehead atoms. The number of aromatic amines is 1. The number of nitrogens with one attached hydrogen (secondary N) is 1. The Labute approximate surface area is 204 Å². The Morgan fingerprint density at radius 2 is 1.89 bits per heavy atom. The van der Waals surface area contributed by atoms with Gasteiger partial charge in [-0.15, -0.1) is 11.3 Å². The summed E-state index contributed by atoms with van der Waals surface area (Å²) in [6, 6.07) is 21.7. The van der Waals surface area contributed by atoms with Crippen LogP contribution in [0.1, 0.15) is 18.4 Å². The largest absolute Gasteiger partial charge is 0.490 e. The molecule has 0 amide bonds. The fraction of sp³-hybridized carbons (Fsp3) is 0.280. The zero-order valence-electron chi connectivity index (χ0n) is 18.8. The van der Waals surface area contributed by atoms with Crippen molar-refractivity contribution in [3.8, 4) is 21.1 Å². The van der Waals surface area contributed by atoms with E-state index in [2.05, 4.69) is 52.3 Å². The highest BCUT2D eigenvalue weighted by Crippen LogP contribution is 2.34. The SMILES string of the molecule is NC1CCCN(Cc2cccc(-c3ccc(-c4nc5ccccc5[nH]4)s3)c2)C1.O=C(O)C(F)(F)F. The van der Waals surface area contributed by atoms with E-state index in [1.54, 1.807) is 11.3 Å². The standard InChI is InChI=1S/C23H24N4S.C2HF3O2/c24-18-7-4-12-27(15-18)14-16-5-3-6-17(13-16)21-10-11-22(28-21)23-25-19-8-1-2-9-20(19)26-23;3-2(4,5)1(6)7/h1-3,5-6,8-11,13,18H,4,7,12,14-15,24H2,(H,25,26);(H,6,7). The lowest BCUT2D eigenvalue weighted by atomic mass is 10.0. The molecule has 0 radical (unpaired) electrons. The second-order valence-corrected chi connectivity index (χ2v) is 9.49. The van der Waals surface area contributed by atoms with E-state index >= 15 is 0 Å². The average Bonchev–Trinajstić information content (AvgIpc) is 3.46. The van der Waals surface area contributed by atoms with Gasteiger partial charge in [-0.1, -0.05) is 30.3 Å². The molecule has 3 heterocycles. The number of rotatable bonds is 4. The van der Waals surface area contributed by atoms with E-state index in [1.807, 2.05) is 18.2 Å². The van der Waals surface area contributed by atoms with Crippen molar-refractivity contribution in [1.29, 1.82) is 0 Å². The van der Waals surface area contributed by atoms with Gasteiger partial charge in [-0.05, 0) is 60.8 Å². The van der Waals surface area contributed by atoms with Gasteiger partial charge in [0.1, 0.15) is 5.82 Å². The number of aromatic nitrogens is 2. The maximum absolute atomic E-state index is 10.6. The van der Waals surface area contributed by atoms with Gasteiger partial charge in [-0.2, -0.15) is 13.2 Å². The summed E-state index contributed by atoms with van der Waals surface area (Å²) in [4.78, 5) is 22.0. The first-order valence-corrected chi connectivity index (χ1v) is 11.9. The number of nitrogens with zero attached hydrogens (tertiary/aromatic N) is 2. The third-order valence-corrected chi connectivity index (χ3v) is 6.77. The minimum Gasteiger partial charge on any atom is -0.475 e. The number of piperidine rings is 1. The van der Waals surface area contributed by atoms with Crippen molar-refractivity contribution >= 4 is 28.3 Å². The number of carboxylic acids is 1. The van der Waals surface area contributed by atoms with E-state index in [1.165, 1.54) is 27.3 Å². The molecule has 1 aliphatic heterocycles. The number of fused-ring (bicyclic) bond motifs is 1. The molecule has 184 valence electrons. The minimum atomic E-state index is -5.08. The molecule has 10 heteroatoms. The molecule has 0 saturated carbocycles. The highest BCUT2D eigenvalue weighted by molar-refractivity contribution is 7.18. The Balaban J connectivity index is 0.000000364. The highest BCUT2D eigenvalue weighted by Gasteiger charge is 2.38. The number of benzene rings is 2. The Morgan fingerprint density at radius 1 is 1.14 bits per heavy atom. The van der Waals surface area contributed by atoms with Gasteiger partial charge in [-0.3, -0.25) is 4.90 Å². The Morgan fingerprint density at radius 3 is 2.60 bits per heavy atom. The van der Waals surface area contributed by atoms with E-state index in [-0.39, 0.29) is 0 Å². The maximum Gasteiger partial charge on any atom is 0.490 e. The molecule has 5 rings (SSSR count). The van der Waals surface area contributed by atoms with Crippen LogP contribution < -0.4 is 5.73 Å². The molecule has 4 N–H and O–H groups in total. The predicted octanol–water partition coefficient (Wildman–Crippen LogP) is 5.51. The number of alkyl halides is 3. The molecule has 6 nitrogen and oxygen atoms in total. The van der Waals surface area contributed by atoms with Crippen molar-refractivity contribution in [1.82, 2.24) is 14.9 Å². The van der Waals surface area contributed by atoms with E-state index in [9.17, 15) is 13.2 Å². The van der Waals surface area contributed by atoms with Crippen LogP contribution in [0.2, 0.25) is 0 Å². The van der Waals surface area contributed by atoms with Crippen LogP contribution in [0.25, 0.3) is 32.2 Å². The summed E-state index contributed by atoms with van der Waals surface area (Å²) in [5.74, 6) is -1.82. The molecule has 1 atom stereocenters. The fourth-order valence-corrected chi connectivity index (χ4v) is 4.95. The summed E-state index contributed by atoms with van der Waals surface area (Å²) in [7, 11) is 0. The molecule has 1 aliphatic rings. The molecule has 1 saturated heterocycles. The van der Waals surface area contributed by atoms with Crippen LogP contribution in [0.4, 0.5) is 13.2 Å². The van der Waals surface area contributed by atoms with E-state index in [4.69, 9.17) is 20.6 Å². The van der Waals surface area contributed by atoms with Gasteiger partial charge in [0.15, 0.2) is 0 Å². The smallest absolute Gasteiger partial charge is 0.475 e. The Hall–Kier alpha value is -3.21. The van der Waals surface area contributed by atoms with Crippen molar-refractivity contribution in [2.45, 2.75) is 31.6 Å². The van der Waals surface area contributed by atoms with Crippen LogP contribution in [0.15, 0.2) is 60.7 Å². The first-order chi connectivity index (χ1) is 16.7. The van der Waals surface area contributed by atoms with E-state index < -0.39 is 12.1 Å². The van der Waals surface area contributed by atoms with Gasteiger partial charge in [-0.25, -0.2) is 9.78 Å². The number of likely N-dealkylation sites (tertiary alicyclic amines) is 1. The molecule has 1 unspecified atom stereocenters. The fourth-order valence-electron chi connectivity index (χ4n) is 4.01. The van der Waals surface area contributed by atoms with Crippen LogP contribution >= 0.6 is 11.3 Å². The number of nitrogens with two attached hydrogens (primary N) is 1. The molecular weight excluding hydrogens is 477 g/mol. The van der Waals surface area contributed by atoms with Crippen molar-refractivity contribution in [3.05, 3.63) is 66.2 Å². The van der Waals surface area contributed by atoms with Crippen LogP contribution in [-0.4, -0.2) is 51.3 Å². The summed E-state index contributed by atoms with van der Waals surface area (Å²) in [5.41, 5.74) is 10.8. The van der Waals surface area contributed by atoms with Crippen LogP contribution in [0, 0.1) is 0 Å². The second-order valence-electron chi connectivity index (χ2n) is 8.41. The molecular formula is C25H25F3N4O2S. The molecule has 1 fully saturated rings. The first kappa shape index (κ1) is 24.9. The van der Waals surface area contributed by atoms with Gasteiger partial charge in [0.2, 0.25) is 0 Å². The number of hydrogen-bond donors (Lipinski definition) is 3. The van der Waals surface area contributed by atoms with Crippen LogP contribution in [0.5, 0.6) is 0 Å². The zero-order valence-corrected chi connectivity index (χ0v) is 19.6. The molecule has 2 aromatic heterocycles. The zero-order chi connectivity index (χ0) is 25.0. The van der Waals surface area contributed by atoms with Gasteiger partial charge in [0, 0.05) is 24.0 Å². The van der Waals surface area contributed by atoms with E-state index in [0.29, 0.717) is 6.04 Å². The number of halogens is 3. The number of H-pyrrole nitrogens is 1. The number of aliphatic carboxylic acids is 1. The molecule has 35 heavy (non-hydrogen) atoms. The van der Waals surface area contributed by atoms with Gasteiger partial charge in [0.25, 0.3) is 0 Å². The van der Waals surface area contributed by atoms with Crippen LogP contribution in [-0.2, 0) is 11.3 Å². The number of thiophene rings is 1. The maximum atomic E-state index is 10.6.